The molecule has 0 unspecified atom stereocenters. The smallest absolute Gasteiger partial charge is 0.255 e. The number of nitrogens with one attached hydrogen (secondary N) is 1. The van der Waals surface area contributed by atoms with Crippen LogP contribution in [0, 0.1) is 11.8 Å². The number of fused-ring (bicyclic) bond motifs is 1. The topological polar surface area (TPSA) is 131 Å². The van der Waals surface area contributed by atoms with Gasteiger partial charge < -0.3 is 25.6 Å². The molecule has 2 fully saturated rings. The Balaban J connectivity index is 1.55. The number of hydrogen-bond donors (Lipinski definition) is 3. The van der Waals surface area contributed by atoms with Crippen LogP contribution in [0.3, 0.4) is 0 Å². The predicted molar refractivity (Wildman–Crippen MR) is 140 cm³/mol. The van der Waals surface area contributed by atoms with Crippen molar-refractivity contribution < 1.29 is 14.7 Å². The van der Waals surface area contributed by atoms with Crippen molar-refractivity contribution in [1.29, 1.82) is 0 Å². The minimum Gasteiger partial charge on any atom is -0.511 e. The number of rotatable bonds is 5. The lowest BCUT2D eigenvalue weighted by Gasteiger charge is -2.17. The number of benzene rings is 1. The standard InChI is InChI=1S/C26H26ClN7O3/c1-4-23(36)32-12-17(10-21(32)14(2)35)34-26(29-3)24(25(28)37)19(31-34)8-5-15-9-20-22(11-18(15)27)33(13-30-20)16-6-7-16/h4,9,11,13,16-17,29,35H,1,6-7,10,12H2,2-3H3,(H2,28,37)/b21-14-/t17-/m0/s1. The summed E-state index contributed by atoms with van der Waals surface area (Å²) in [6, 6.07) is 3.77. The highest BCUT2D eigenvalue weighted by Crippen LogP contribution is 2.38. The molecule has 1 atom stereocenters. The molecular weight excluding hydrogens is 494 g/mol. The van der Waals surface area contributed by atoms with E-state index in [9.17, 15) is 14.7 Å². The van der Waals surface area contributed by atoms with Crippen LogP contribution in [-0.4, -0.2) is 54.7 Å². The van der Waals surface area contributed by atoms with Crippen molar-refractivity contribution in [3.8, 4) is 11.8 Å². The second-order valence-electron chi connectivity index (χ2n) is 9.13. The fourth-order valence-electron chi connectivity index (χ4n) is 4.73. The fraction of sp³-hybridized carbons (Fsp3) is 0.308. The van der Waals surface area contributed by atoms with Crippen LogP contribution in [0.1, 0.15) is 59.9 Å². The minimum absolute atomic E-state index is 0.0279. The van der Waals surface area contributed by atoms with Gasteiger partial charge in [-0.2, -0.15) is 5.10 Å². The van der Waals surface area contributed by atoms with Gasteiger partial charge in [-0.25, -0.2) is 9.67 Å². The molecule has 1 aromatic carbocycles. The number of likely N-dealkylation sites (tertiary alicyclic amines) is 1. The van der Waals surface area contributed by atoms with Crippen molar-refractivity contribution >= 4 is 40.3 Å². The third-order valence-electron chi connectivity index (χ3n) is 6.67. The number of carbonyl (C=O) groups excluding carboxylic acids is 2. The SMILES string of the molecule is C=CC(=O)N1C[C@@H](n2nc(C#Cc3cc4ncn(C5CC5)c4cc3Cl)c(C(N)=O)c2NC)C/C1=C(\C)O. The van der Waals surface area contributed by atoms with E-state index in [-0.39, 0.29) is 35.5 Å². The quantitative estimate of drug-likeness (QED) is 0.268. The highest BCUT2D eigenvalue weighted by molar-refractivity contribution is 6.32. The molecule has 2 aromatic heterocycles. The summed E-state index contributed by atoms with van der Waals surface area (Å²) >= 11 is 6.55. The van der Waals surface area contributed by atoms with Gasteiger partial charge >= 0.3 is 0 Å². The first kappa shape index (κ1) is 24.5. The Bertz CT molecular complexity index is 1550. The molecule has 190 valence electrons. The van der Waals surface area contributed by atoms with Gasteiger partial charge in [0.05, 0.1) is 34.1 Å². The molecule has 2 amide bonds. The van der Waals surface area contributed by atoms with Crippen LogP contribution in [-0.2, 0) is 4.79 Å². The molecule has 2 aliphatic rings. The number of nitrogens with two attached hydrogens (primary N) is 1. The molecule has 1 aliphatic heterocycles. The first-order chi connectivity index (χ1) is 17.7. The number of imidazole rings is 1. The van der Waals surface area contributed by atoms with Crippen molar-refractivity contribution in [2.75, 3.05) is 18.9 Å². The molecule has 4 N–H and O–H groups in total. The lowest BCUT2D eigenvalue weighted by atomic mass is 10.1. The van der Waals surface area contributed by atoms with E-state index in [0.29, 0.717) is 34.6 Å². The number of anilines is 1. The zero-order valence-electron chi connectivity index (χ0n) is 20.5. The summed E-state index contributed by atoms with van der Waals surface area (Å²) < 4.78 is 3.72. The Labute approximate surface area is 218 Å². The number of primary amides is 1. The predicted octanol–water partition coefficient (Wildman–Crippen LogP) is 3.51. The van der Waals surface area contributed by atoms with Crippen molar-refractivity contribution in [2.45, 2.75) is 38.3 Å². The molecule has 1 saturated heterocycles. The second kappa shape index (κ2) is 9.33. The zero-order valence-corrected chi connectivity index (χ0v) is 21.2. The molecule has 5 rings (SSSR count). The zero-order chi connectivity index (χ0) is 26.4. The average molecular weight is 520 g/mol. The molecule has 1 aliphatic carbocycles. The normalized spacial score (nSPS) is 18.5. The number of halogens is 1. The largest absolute Gasteiger partial charge is 0.511 e. The van der Waals surface area contributed by atoms with Gasteiger partial charge in [0.25, 0.3) is 5.91 Å². The molecule has 0 radical (unpaired) electrons. The first-order valence-corrected chi connectivity index (χ1v) is 12.2. The number of amides is 2. The van der Waals surface area contributed by atoms with Gasteiger partial charge in [-0.05, 0) is 43.9 Å². The van der Waals surface area contributed by atoms with E-state index < -0.39 is 5.91 Å². The minimum atomic E-state index is -0.698. The van der Waals surface area contributed by atoms with Crippen LogP contribution in [0.2, 0.25) is 5.02 Å². The van der Waals surface area contributed by atoms with E-state index in [2.05, 4.69) is 38.4 Å². The van der Waals surface area contributed by atoms with Gasteiger partial charge in [0.1, 0.15) is 17.1 Å². The Hall–Kier alpha value is -4.23. The Morgan fingerprint density at radius 2 is 2.05 bits per heavy atom. The summed E-state index contributed by atoms with van der Waals surface area (Å²) in [5, 5.41) is 18.2. The number of aromatic nitrogens is 4. The Morgan fingerprint density at radius 1 is 1.30 bits per heavy atom. The summed E-state index contributed by atoms with van der Waals surface area (Å²) in [6.45, 7) is 5.28. The Morgan fingerprint density at radius 3 is 2.68 bits per heavy atom. The van der Waals surface area contributed by atoms with Crippen molar-refractivity contribution in [3.05, 3.63) is 64.4 Å². The monoisotopic (exact) mass is 519 g/mol. The maximum absolute atomic E-state index is 12.4. The second-order valence-corrected chi connectivity index (χ2v) is 9.54. The molecule has 37 heavy (non-hydrogen) atoms. The summed E-state index contributed by atoms with van der Waals surface area (Å²) in [5.74, 6) is 5.34. The van der Waals surface area contributed by atoms with Crippen LogP contribution in [0.25, 0.3) is 11.0 Å². The van der Waals surface area contributed by atoms with Crippen LogP contribution < -0.4 is 11.1 Å². The van der Waals surface area contributed by atoms with E-state index in [4.69, 9.17) is 17.3 Å². The van der Waals surface area contributed by atoms with Crippen molar-refractivity contribution in [1.82, 2.24) is 24.2 Å². The van der Waals surface area contributed by atoms with Crippen LogP contribution in [0.5, 0.6) is 0 Å². The Kier molecular flexibility index (Phi) is 6.17. The third-order valence-corrected chi connectivity index (χ3v) is 6.98. The van der Waals surface area contributed by atoms with E-state index in [0.717, 1.165) is 23.9 Å². The summed E-state index contributed by atoms with van der Waals surface area (Å²) in [5.41, 5.74) is 8.79. The third kappa shape index (κ3) is 4.32. The van der Waals surface area contributed by atoms with Gasteiger partial charge in [-0.3, -0.25) is 9.59 Å². The van der Waals surface area contributed by atoms with Gasteiger partial charge in [0, 0.05) is 31.6 Å². The summed E-state index contributed by atoms with van der Waals surface area (Å²) in [4.78, 5) is 30.7. The lowest BCUT2D eigenvalue weighted by molar-refractivity contribution is -0.123. The van der Waals surface area contributed by atoms with Gasteiger partial charge in [0.2, 0.25) is 5.91 Å². The molecule has 10 nitrogen and oxygen atoms in total. The molecule has 3 aromatic rings. The van der Waals surface area contributed by atoms with Crippen LogP contribution in [0.4, 0.5) is 5.82 Å². The summed E-state index contributed by atoms with van der Waals surface area (Å²) in [6.07, 6.45) is 5.59. The fourth-order valence-corrected chi connectivity index (χ4v) is 4.94. The van der Waals surface area contributed by atoms with E-state index in [1.165, 1.54) is 17.9 Å². The maximum atomic E-state index is 12.4. The lowest BCUT2D eigenvalue weighted by Crippen LogP contribution is -2.27. The van der Waals surface area contributed by atoms with Gasteiger partial charge in [-0.1, -0.05) is 24.1 Å². The first-order valence-electron chi connectivity index (χ1n) is 11.8. The van der Waals surface area contributed by atoms with E-state index in [1.807, 2.05) is 18.5 Å². The number of carbonyl (C=O) groups is 2. The summed E-state index contributed by atoms with van der Waals surface area (Å²) in [7, 11) is 1.65. The number of hydrogen-bond acceptors (Lipinski definition) is 6. The number of aliphatic hydroxyl groups excluding tert-OH is 1. The van der Waals surface area contributed by atoms with E-state index in [1.54, 1.807) is 11.7 Å². The highest BCUT2D eigenvalue weighted by Gasteiger charge is 2.36. The van der Waals surface area contributed by atoms with Gasteiger partial charge in [0.15, 0.2) is 5.69 Å². The van der Waals surface area contributed by atoms with Gasteiger partial charge in [-0.15, -0.1) is 0 Å². The highest BCUT2D eigenvalue weighted by atomic mass is 35.5. The molecular formula is C26H26ClN7O3. The van der Waals surface area contributed by atoms with Crippen molar-refractivity contribution in [2.24, 2.45) is 5.73 Å². The molecule has 1 saturated carbocycles. The molecule has 11 heteroatoms. The number of nitrogens with zero attached hydrogens (tertiary/aromatic N) is 5. The van der Waals surface area contributed by atoms with E-state index >= 15 is 0 Å². The average Bonchev–Trinajstić information content (AvgIpc) is 3.31. The molecule has 0 spiro atoms. The number of aliphatic hydroxyl groups is 1. The van der Waals surface area contributed by atoms with Crippen molar-refractivity contribution in [3.63, 3.8) is 0 Å². The van der Waals surface area contributed by atoms with Crippen LogP contribution in [0.15, 0.2) is 42.6 Å². The van der Waals surface area contributed by atoms with Crippen LogP contribution >= 0.6 is 11.6 Å². The maximum Gasteiger partial charge on any atom is 0.255 e. The number of allylic oxidation sites excluding steroid dienone is 2. The molecule has 3 heterocycles. The molecule has 0 bridgehead atoms.